The molecule has 0 aromatic heterocycles. The highest BCUT2D eigenvalue weighted by Gasteiger charge is 2.10. The summed E-state index contributed by atoms with van der Waals surface area (Å²) in [6.45, 7) is 3.68. The van der Waals surface area contributed by atoms with E-state index in [0.717, 1.165) is 9.79 Å². The molecule has 18 heavy (non-hydrogen) atoms. The molecule has 0 amide bonds. The second kappa shape index (κ2) is 5.55. The Balaban J connectivity index is 2.31. The number of hydrogen-bond acceptors (Lipinski definition) is 2. The van der Waals surface area contributed by atoms with E-state index in [1.54, 1.807) is 13.0 Å². The summed E-state index contributed by atoms with van der Waals surface area (Å²) in [6.07, 6.45) is -0.673. The maximum Gasteiger partial charge on any atom is 0.123 e. The van der Waals surface area contributed by atoms with Crippen molar-refractivity contribution in [3.05, 3.63) is 59.4 Å². The lowest BCUT2D eigenvalue weighted by Crippen LogP contribution is -1.95. The van der Waals surface area contributed by atoms with Gasteiger partial charge in [0.2, 0.25) is 0 Å². The van der Waals surface area contributed by atoms with Crippen LogP contribution in [0.5, 0.6) is 0 Å². The fourth-order valence-electron chi connectivity index (χ4n) is 1.67. The average molecular weight is 262 g/mol. The van der Waals surface area contributed by atoms with Crippen LogP contribution < -0.4 is 0 Å². The molecule has 94 valence electrons. The number of aliphatic hydroxyl groups is 1. The molecule has 2 aromatic rings. The fraction of sp³-hybridized carbons (Fsp3) is 0.200. The number of rotatable bonds is 3. The quantitative estimate of drug-likeness (QED) is 0.888. The molecule has 0 aliphatic rings. The van der Waals surface area contributed by atoms with Crippen molar-refractivity contribution < 1.29 is 9.50 Å². The van der Waals surface area contributed by atoms with Crippen LogP contribution in [-0.2, 0) is 0 Å². The van der Waals surface area contributed by atoms with E-state index >= 15 is 0 Å². The SMILES string of the molecule is Cc1ccc(Sc2ccc(F)cc2C(C)O)cc1. The maximum atomic E-state index is 13.2. The van der Waals surface area contributed by atoms with Crippen LogP contribution in [0, 0.1) is 12.7 Å². The van der Waals surface area contributed by atoms with Gasteiger partial charge in [0.15, 0.2) is 0 Å². The van der Waals surface area contributed by atoms with Crippen LogP contribution in [0.25, 0.3) is 0 Å². The zero-order valence-electron chi connectivity index (χ0n) is 10.4. The van der Waals surface area contributed by atoms with Gasteiger partial charge in [0.05, 0.1) is 6.10 Å². The van der Waals surface area contributed by atoms with E-state index in [4.69, 9.17) is 0 Å². The van der Waals surface area contributed by atoms with Crippen LogP contribution in [0.15, 0.2) is 52.3 Å². The van der Waals surface area contributed by atoms with Crippen molar-refractivity contribution in [1.29, 1.82) is 0 Å². The van der Waals surface area contributed by atoms with Gasteiger partial charge in [-0.15, -0.1) is 0 Å². The van der Waals surface area contributed by atoms with Crippen LogP contribution in [0.3, 0.4) is 0 Å². The third kappa shape index (κ3) is 3.12. The molecular weight excluding hydrogens is 247 g/mol. The molecule has 0 fully saturated rings. The largest absolute Gasteiger partial charge is 0.389 e. The molecule has 1 atom stereocenters. The van der Waals surface area contributed by atoms with Crippen LogP contribution in [0.2, 0.25) is 0 Å². The summed E-state index contributed by atoms with van der Waals surface area (Å²) in [5.74, 6) is -0.320. The lowest BCUT2D eigenvalue weighted by atomic mass is 10.1. The van der Waals surface area contributed by atoms with Gasteiger partial charge in [-0.1, -0.05) is 29.5 Å². The first-order chi connectivity index (χ1) is 8.56. The van der Waals surface area contributed by atoms with E-state index in [0.29, 0.717) is 5.56 Å². The standard InChI is InChI=1S/C15H15FOS/c1-10-3-6-13(7-4-10)18-15-8-5-12(16)9-14(15)11(2)17/h3-9,11,17H,1-2H3. The summed E-state index contributed by atoms with van der Waals surface area (Å²) < 4.78 is 13.2. The molecule has 0 aliphatic carbocycles. The molecule has 0 bridgehead atoms. The minimum atomic E-state index is -0.673. The highest BCUT2D eigenvalue weighted by molar-refractivity contribution is 7.99. The number of aryl methyl sites for hydroxylation is 1. The second-order valence-electron chi connectivity index (χ2n) is 4.27. The van der Waals surface area contributed by atoms with Crippen molar-refractivity contribution in [2.45, 2.75) is 29.7 Å². The van der Waals surface area contributed by atoms with Crippen molar-refractivity contribution in [3.63, 3.8) is 0 Å². The molecule has 0 aliphatic heterocycles. The minimum Gasteiger partial charge on any atom is -0.389 e. The Morgan fingerprint density at radius 2 is 1.78 bits per heavy atom. The molecule has 1 N–H and O–H groups in total. The van der Waals surface area contributed by atoms with E-state index in [9.17, 15) is 9.50 Å². The first-order valence-electron chi connectivity index (χ1n) is 5.78. The van der Waals surface area contributed by atoms with Crippen molar-refractivity contribution >= 4 is 11.8 Å². The normalized spacial score (nSPS) is 12.4. The highest BCUT2D eigenvalue weighted by Crippen LogP contribution is 2.33. The number of benzene rings is 2. The van der Waals surface area contributed by atoms with Gasteiger partial charge in [-0.25, -0.2) is 4.39 Å². The third-order valence-electron chi connectivity index (χ3n) is 2.67. The van der Waals surface area contributed by atoms with Gasteiger partial charge < -0.3 is 5.11 Å². The summed E-state index contributed by atoms with van der Waals surface area (Å²) in [6, 6.07) is 12.6. The predicted octanol–water partition coefficient (Wildman–Crippen LogP) is 4.34. The van der Waals surface area contributed by atoms with Gasteiger partial charge in [-0.2, -0.15) is 0 Å². The summed E-state index contributed by atoms with van der Waals surface area (Å²) >= 11 is 1.53. The van der Waals surface area contributed by atoms with Crippen LogP contribution in [0.4, 0.5) is 4.39 Å². The topological polar surface area (TPSA) is 20.2 Å². The van der Waals surface area contributed by atoms with E-state index in [2.05, 4.69) is 0 Å². The molecule has 0 saturated carbocycles. The zero-order chi connectivity index (χ0) is 13.1. The molecule has 0 saturated heterocycles. The lowest BCUT2D eigenvalue weighted by Gasteiger charge is -2.11. The molecule has 2 rings (SSSR count). The van der Waals surface area contributed by atoms with Crippen molar-refractivity contribution in [2.24, 2.45) is 0 Å². The van der Waals surface area contributed by atoms with Crippen molar-refractivity contribution in [1.82, 2.24) is 0 Å². The summed E-state index contributed by atoms with van der Waals surface area (Å²) in [4.78, 5) is 1.96. The molecule has 3 heteroatoms. The van der Waals surface area contributed by atoms with Gasteiger partial charge in [0.25, 0.3) is 0 Å². The second-order valence-corrected chi connectivity index (χ2v) is 5.39. The van der Waals surface area contributed by atoms with Crippen molar-refractivity contribution in [2.75, 3.05) is 0 Å². The van der Waals surface area contributed by atoms with Gasteiger partial charge in [-0.05, 0) is 49.7 Å². The lowest BCUT2D eigenvalue weighted by molar-refractivity contribution is 0.196. The molecule has 0 heterocycles. The molecule has 1 nitrogen and oxygen atoms in total. The Labute approximate surface area is 111 Å². The maximum absolute atomic E-state index is 13.2. The molecular formula is C15H15FOS. The van der Waals surface area contributed by atoms with Gasteiger partial charge in [-0.3, -0.25) is 0 Å². The Hall–Kier alpha value is -1.32. The van der Waals surface area contributed by atoms with Crippen molar-refractivity contribution in [3.8, 4) is 0 Å². The fourth-order valence-corrected chi connectivity index (χ4v) is 2.68. The molecule has 0 radical (unpaired) electrons. The predicted molar refractivity (Wildman–Crippen MR) is 72.3 cm³/mol. The van der Waals surface area contributed by atoms with Gasteiger partial charge >= 0.3 is 0 Å². The third-order valence-corrected chi connectivity index (χ3v) is 3.77. The molecule has 0 spiro atoms. The minimum absolute atomic E-state index is 0.320. The monoisotopic (exact) mass is 262 g/mol. The average Bonchev–Trinajstić information content (AvgIpc) is 2.34. The molecule has 1 unspecified atom stereocenters. The van der Waals surface area contributed by atoms with E-state index in [1.165, 1.54) is 29.5 Å². The zero-order valence-corrected chi connectivity index (χ0v) is 11.2. The number of halogens is 1. The Kier molecular flexibility index (Phi) is 4.04. The van der Waals surface area contributed by atoms with E-state index in [1.807, 2.05) is 31.2 Å². The Bertz CT molecular complexity index is 535. The smallest absolute Gasteiger partial charge is 0.123 e. The van der Waals surface area contributed by atoms with E-state index < -0.39 is 6.10 Å². The van der Waals surface area contributed by atoms with Crippen LogP contribution >= 0.6 is 11.8 Å². The molecule has 2 aromatic carbocycles. The van der Waals surface area contributed by atoms with E-state index in [-0.39, 0.29) is 5.82 Å². The first-order valence-corrected chi connectivity index (χ1v) is 6.60. The van der Waals surface area contributed by atoms with Gasteiger partial charge in [0.1, 0.15) is 5.82 Å². The Morgan fingerprint density at radius 1 is 1.11 bits per heavy atom. The number of aliphatic hydroxyl groups excluding tert-OH is 1. The highest BCUT2D eigenvalue weighted by atomic mass is 32.2. The first kappa shape index (κ1) is 13.1. The Morgan fingerprint density at radius 3 is 2.39 bits per heavy atom. The van der Waals surface area contributed by atoms with Crippen LogP contribution in [-0.4, -0.2) is 5.11 Å². The summed E-state index contributed by atoms with van der Waals surface area (Å²) in [5, 5.41) is 9.67. The summed E-state index contributed by atoms with van der Waals surface area (Å²) in [5.41, 5.74) is 1.83. The van der Waals surface area contributed by atoms with Crippen LogP contribution in [0.1, 0.15) is 24.2 Å². The number of hydrogen-bond donors (Lipinski definition) is 1. The summed E-state index contributed by atoms with van der Waals surface area (Å²) in [7, 11) is 0. The van der Waals surface area contributed by atoms with Gasteiger partial charge in [0, 0.05) is 9.79 Å².